The second-order valence-corrected chi connectivity index (χ2v) is 6.81. The third kappa shape index (κ3) is 3.73. The number of carbonyl (C=O) groups is 1. The Morgan fingerprint density at radius 1 is 1.00 bits per heavy atom. The van der Waals surface area contributed by atoms with E-state index in [0.29, 0.717) is 6.42 Å². The Hall–Kier alpha value is -2.00. The number of benzene rings is 2. The quantitative estimate of drug-likeness (QED) is 0.846. The molecule has 2 aromatic rings. The van der Waals surface area contributed by atoms with Gasteiger partial charge in [-0.15, -0.1) is 0 Å². The fraction of sp³-hybridized carbons (Fsp3) is 0.350. The largest absolute Gasteiger partial charge is 0.368 e. The summed E-state index contributed by atoms with van der Waals surface area (Å²) in [5.41, 5.74) is 4.53. The average Bonchev–Trinajstić information content (AvgIpc) is 2.59. The Labute approximate surface area is 148 Å². The van der Waals surface area contributed by atoms with Gasteiger partial charge in [0.05, 0.1) is 6.42 Å². The van der Waals surface area contributed by atoms with E-state index in [0.717, 1.165) is 48.0 Å². The maximum Gasteiger partial charge on any atom is 0.227 e. The lowest BCUT2D eigenvalue weighted by Gasteiger charge is -2.36. The van der Waals surface area contributed by atoms with Crippen molar-refractivity contribution < 1.29 is 4.79 Å². The van der Waals surface area contributed by atoms with Crippen LogP contribution in [0.2, 0.25) is 5.02 Å². The standard InChI is InChI=1S/C20H23ClN2O/c1-15-5-3-4-6-17(15)13-20(24)23-11-9-22(10-12-23)18-8-7-16(2)19(21)14-18/h3-8,14H,9-13H2,1-2H3. The zero-order valence-corrected chi connectivity index (χ0v) is 15.0. The van der Waals surface area contributed by atoms with E-state index in [9.17, 15) is 4.79 Å². The van der Waals surface area contributed by atoms with Crippen LogP contribution in [-0.4, -0.2) is 37.0 Å². The van der Waals surface area contributed by atoms with Crippen LogP contribution in [0.15, 0.2) is 42.5 Å². The fourth-order valence-electron chi connectivity index (χ4n) is 3.08. The number of carbonyl (C=O) groups excluding carboxylic acids is 1. The normalized spacial score (nSPS) is 14.8. The maximum atomic E-state index is 12.5. The van der Waals surface area contributed by atoms with Crippen LogP contribution in [0.1, 0.15) is 16.7 Å². The molecule has 2 aromatic carbocycles. The van der Waals surface area contributed by atoms with Gasteiger partial charge in [-0.1, -0.05) is 41.9 Å². The van der Waals surface area contributed by atoms with E-state index in [1.54, 1.807) is 0 Å². The summed E-state index contributed by atoms with van der Waals surface area (Å²) in [5.74, 6) is 0.214. The SMILES string of the molecule is Cc1ccc(N2CCN(C(=O)Cc3ccccc3C)CC2)cc1Cl. The third-order valence-electron chi connectivity index (χ3n) is 4.76. The topological polar surface area (TPSA) is 23.6 Å². The van der Waals surface area contributed by atoms with Crippen molar-refractivity contribution in [3.8, 4) is 0 Å². The molecule has 0 bridgehead atoms. The Morgan fingerprint density at radius 3 is 2.38 bits per heavy atom. The lowest BCUT2D eigenvalue weighted by molar-refractivity contribution is -0.130. The average molecular weight is 343 g/mol. The van der Waals surface area contributed by atoms with E-state index >= 15 is 0 Å². The van der Waals surface area contributed by atoms with Gasteiger partial charge in [-0.2, -0.15) is 0 Å². The highest BCUT2D eigenvalue weighted by molar-refractivity contribution is 6.31. The highest BCUT2D eigenvalue weighted by atomic mass is 35.5. The number of piperazine rings is 1. The molecule has 3 rings (SSSR count). The van der Waals surface area contributed by atoms with Gasteiger partial charge in [0.25, 0.3) is 0 Å². The third-order valence-corrected chi connectivity index (χ3v) is 5.16. The van der Waals surface area contributed by atoms with E-state index in [2.05, 4.69) is 24.0 Å². The molecule has 0 spiro atoms. The zero-order valence-electron chi connectivity index (χ0n) is 14.3. The molecule has 0 atom stereocenters. The molecule has 4 heteroatoms. The predicted molar refractivity (Wildman–Crippen MR) is 99.9 cm³/mol. The highest BCUT2D eigenvalue weighted by Gasteiger charge is 2.22. The first-order valence-corrected chi connectivity index (χ1v) is 8.76. The van der Waals surface area contributed by atoms with E-state index < -0.39 is 0 Å². The molecule has 1 fully saturated rings. The predicted octanol–water partition coefficient (Wildman–Crippen LogP) is 3.85. The van der Waals surface area contributed by atoms with Gasteiger partial charge in [0.15, 0.2) is 0 Å². The number of halogens is 1. The van der Waals surface area contributed by atoms with E-state index in [4.69, 9.17) is 11.6 Å². The summed E-state index contributed by atoms with van der Waals surface area (Å²) in [6.45, 7) is 7.28. The van der Waals surface area contributed by atoms with Gasteiger partial charge in [-0.25, -0.2) is 0 Å². The molecular weight excluding hydrogens is 320 g/mol. The van der Waals surface area contributed by atoms with Gasteiger partial charge in [0, 0.05) is 36.9 Å². The van der Waals surface area contributed by atoms with Gasteiger partial charge in [0.1, 0.15) is 0 Å². The highest BCUT2D eigenvalue weighted by Crippen LogP contribution is 2.24. The maximum absolute atomic E-state index is 12.5. The first-order valence-electron chi connectivity index (χ1n) is 8.38. The van der Waals surface area contributed by atoms with Crippen molar-refractivity contribution in [2.24, 2.45) is 0 Å². The number of hydrogen-bond acceptors (Lipinski definition) is 2. The zero-order chi connectivity index (χ0) is 17.1. The first-order chi connectivity index (χ1) is 11.5. The minimum absolute atomic E-state index is 0.214. The monoisotopic (exact) mass is 342 g/mol. The summed E-state index contributed by atoms with van der Waals surface area (Å²) in [7, 11) is 0. The van der Waals surface area contributed by atoms with Gasteiger partial charge in [0.2, 0.25) is 5.91 Å². The summed E-state index contributed by atoms with van der Waals surface area (Å²) < 4.78 is 0. The van der Waals surface area contributed by atoms with Crippen LogP contribution in [0.4, 0.5) is 5.69 Å². The van der Waals surface area contributed by atoms with Gasteiger partial charge < -0.3 is 9.80 Å². The molecule has 0 aliphatic carbocycles. The molecule has 0 unspecified atom stereocenters. The van der Waals surface area contributed by atoms with E-state index in [1.807, 2.05) is 42.2 Å². The minimum atomic E-state index is 0.214. The van der Waals surface area contributed by atoms with Crippen molar-refractivity contribution in [1.29, 1.82) is 0 Å². The second-order valence-electron chi connectivity index (χ2n) is 6.40. The van der Waals surface area contributed by atoms with Crippen molar-refractivity contribution in [3.63, 3.8) is 0 Å². The van der Waals surface area contributed by atoms with Crippen molar-refractivity contribution >= 4 is 23.2 Å². The van der Waals surface area contributed by atoms with Crippen LogP contribution in [0.3, 0.4) is 0 Å². The molecule has 1 aliphatic heterocycles. The number of hydrogen-bond donors (Lipinski definition) is 0. The summed E-state index contributed by atoms with van der Waals surface area (Å²) >= 11 is 6.23. The molecule has 0 aromatic heterocycles. The molecule has 1 amide bonds. The lowest BCUT2D eigenvalue weighted by atomic mass is 10.1. The molecule has 24 heavy (non-hydrogen) atoms. The van der Waals surface area contributed by atoms with Crippen molar-refractivity contribution in [3.05, 3.63) is 64.2 Å². The Kier molecular flexibility index (Phi) is 5.10. The van der Waals surface area contributed by atoms with Crippen LogP contribution >= 0.6 is 11.6 Å². The molecule has 1 heterocycles. The Bertz CT molecular complexity index is 736. The smallest absolute Gasteiger partial charge is 0.227 e. The van der Waals surface area contributed by atoms with Crippen LogP contribution in [0, 0.1) is 13.8 Å². The molecule has 3 nitrogen and oxygen atoms in total. The number of amides is 1. The molecule has 1 aliphatic rings. The Balaban J connectivity index is 1.59. The Morgan fingerprint density at radius 2 is 1.71 bits per heavy atom. The van der Waals surface area contributed by atoms with Crippen LogP contribution in [0.25, 0.3) is 0 Å². The summed E-state index contributed by atoms with van der Waals surface area (Å²) in [6.07, 6.45) is 0.489. The molecule has 1 saturated heterocycles. The van der Waals surface area contributed by atoms with Crippen molar-refractivity contribution in [2.45, 2.75) is 20.3 Å². The molecule has 0 N–H and O–H groups in total. The molecule has 0 radical (unpaired) electrons. The molecule has 126 valence electrons. The number of rotatable bonds is 3. The number of nitrogens with zero attached hydrogens (tertiary/aromatic N) is 2. The van der Waals surface area contributed by atoms with E-state index in [-0.39, 0.29) is 5.91 Å². The fourth-order valence-corrected chi connectivity index (χ4v) is 3.25. The summed E-state index contributed by atoms with van der Waals surface area (Å²) in [6, 6.07) is 14.3. The first kappa shape index (κ1) is 16.8. The van der Waals surface area contributed by atoms with E-state index in [1.165, 1.54) is 5.56 Å². The van der Waals surface area contributed by atoms with Crippen molar-refractivity contribution in [2.75, 3.05) is 31.1 Å². The lowest BCUT2D eigenvalue weighted by Crippen LogP contribution is -2.49. The van der Waals surface area contributed by atoms with Gasteiger partial charge in [-0.05, 0) is 42.7 Å². The molecule has 0 saturated carbocycles. The van der Waals surface area contributed by atoms with Crippen LogP contribution < -0.4 is 4.90 Å². The second kappa shape index (κ2) is 7.27. The van der Waals surface area contributed by atoms with Gasteiger partial charge >= 0.3 is 0 Å². The van der Waals surface area contributed by atoms with Crippen LogP contribution in [-0.2, 0) is 11.2 Å². The minimum Gasteiger partial charge on any atom is -0.368 e. The van der Waals surface area contributed by atoms with Crippen LogP contribution in [0.5, 0.6) is 0 Å². The van der Waals surface area contributed by atoms with Gasteiger partial charge in [-0.3, -0.25) is 4.79 Å². The number of aryl methyl sites for hydroxylation is 2. The summed E-state index contributed by atoms with van der Waals surface area (Å²) in [5, 5.41) is 0.797. The number of anilines is 1. The van der Waals surface area contributed by atoms with Crippen molar-refractivity contribution in [1.82, 2.24) is 4.90 Å². The molecular formula is C20H23ClN2O. The summed E-state index contributed by atoms with van der Waals surface area (Å²) in [4.78, 5) is 16.8.